The lowest BCUT2D eigenvalue weighted by molar-refractivity contribution is -0.125. The van der Waals surface area contributed by atoms with Crippen LogP contribution in [0.4, 0.5) is 0 Å². The summed E-state index contributed by atoms with van der Waals surface area (Å²) in [4.78, 5) is 12.2. The second-order valence-electron chi connectivity index (χ2n) is 6.27. The number of amides is 1. The molecule has 0 fully saturated rings. The molecule has 0 aliphatic rings. The monoisotopic (exact) mass is 356 g/mol. The number of hydrogen-bond acceptors (Lipinski definition) is 4. The van der Waals surface area contributed by atoms with Crippen LogP contribution in [0.5, 0.6) is 5.75 Å². The molecule has 1 amide bonds. The Balaban J connectivity index is 1.62. The summed E-state index contributed by atoms with van der Waals surface area (Å²) in [5, 5.41) is 2.93. The largest absolute Gasteiger partial charge is 0.497 e. The van der Waals surface area contributed by atoms with Crippen LogP contribution in [0.25, 0.3) is 0 Å². The molecule has 3 N–H and O–H groups in total. The van der Waals surface area contributed by atoms with Gasteiger partial charge in [0.25, 0.3) is 0 Å². The Hall–Kier alpha value is -2.37. The van der Waals surface area contributed by atoms with Crippen molar-refractivity contribution < 1.29 is 14.3 Å². The molecule has 2 atom stereocenters. The van der Waals surface area contributed by atoms with E-state index in [-0.39, 0.29) is 17.9 Å². The second-order valence-corrected chi connectivity index (χ2v) is 6.27. The molecular weight excluding hydrogens is 328 g/mol. The summed E-state index contributed by atoms with van der Waals surface area (Å²) in [6.07, 6.45) is 0.759. The molecular formula is C21H28N2O3. The minimum Gasteiger partial charge on any atom is -0.497 e. The van der Waals surface area contributed by atoms with Crippen LogP contribution in [0.1, 0.15) is 30.5 Å². The lowest BCUT2D eigenvalue weighted by atomic mass is 9.95. The van der Waals surface area contributed by atoms with Crippen LogP contribution < -0.4 is 15.8 Å². The van der Waals surface area contributed by atoms with Crippen LogP contribution >= 0.6 is 0 Å². The van der Waals surface area contributed by atoms with Crippen molar-refractivity contribution >= 4 is 5.91 Å². The van der Waals surface area contributed by atoms with E-state index in [1.807, 2.05) is 61.5 Å². The number of carbonyl (C=O) groups is 1. The number of nitrogens with two attached hydrogens (primary N) is 1. The van der Waals surface area contributed by atoms with Gasteiger partial charge in [-0.3, -0.25) is 4.79 Å². The molecule has 0 saturated carbocycles. The molecule has 0 aromatic heterocycles. The maximum atomic E-state index is 12.2. The van der Waals surface area contributed by atoms with Gasteiger partial charge in [0, 0.05) is 19.2 Å². The van der Waals surface area contributed by atoms with Crippen LogP contribution in [0, 0.1) is 5.92 Å². The third-order valence-electron chi connectivity index (χ3n) is 4.33. The van der Waals surface area contributed by atoms with E-state index in [1.165, 1.54) is 0 Å². The third-order valence-corrected chi connectivity index (χ3v) is 4.33. The summed E-state index contributed by atoms with van der Waals surface area (Å²) in [7, 11) is 1.65. The molecule has 0 saturated heterocycles. The van der Waals surface area contributed by atoms with E-state index < -0.39 is 0 Å². The molecule has 2 aromatic rings. The number of hydrogen-bond donors (Lipinski definition) is 2. The predicted octanol–water partition coefficient (Wildman–Crippen LogP) is 3.05. The third kappa shape index (κ3) is 6.17. The Morgan fingerprint density at radius 2 is 1.81 bits per heavy atom. The van der Waals surface area contributed by atoms with Gasteiger partial charge in [-0.25, -0.2) is 0 Å². The first kappa shape index (κ1) is 19.9. The first-order chi connectivity index (χ1) is 12.6. The smallest absolute Gasteiger partial charge is 0.224 e. The molecule has 5 nitrogen and oxygen atoms in total. The summed E-state index contributed by atoms with van der Waals surface area (Å²) >= 11 is 0. The van der Waals surface area contributed by atoms with Crippen molar-refractivity contribution in [2.45, 2.75) is 26.0 Å². The lowest BCUT2D eigenvalue weighted by Crippen LogP contribution is -2.36. The van der Waals surface area contributed by atoms with Gasteiger partial charge >= 0.3 is 0 Å². The van der Waals surface area contributed by atoms with Crippen molar-refractivity contribution in [3.8, 4) is 5.75 Å². The fraction of sp³-hybridized carbons (Fsp3) is 0.381. The molecule has 2 aromatic carbocycles. The minimum atomic E-state index is -0.303. The van der Waals surface area contributed by atoms with Gasteiger partial charge in [-0.2, -0.15) is 0 Å². The van der Waals surface area contributed by atoms with Crippen molar-refractivity contribution in [3.05, 3.63) is 65.7 Å². The van der Waals surface area contributed by atoms with Crippen molar-refractivity contribution in [2.75, 3.05) is 20.3 Å². The standard InChI is InChI=1S/C21H28N2O3/c1-16(20(22)18-7-4-3-5-8-18)21(24)23-13-6-14-26-15-17-9-11-19(25-2)12-10-17/h3-5,7-12,16,20H,6,13-15,22H2,1-2H3,(H,23,24). The Morgan fingerprint density at radius 3 is 2.46 bits per heavy atom. The van der Waals surface area contributed by atoms with E-state index in [2.05, 4.69) is 5.32 Å². The number of methoxy groups -OCH3 is 1. The van der Waals surface area contributed by atoms with Gasteiger partial charge < -0.3 is 20.5 Å². The van der Waals surface area contributed by atoms with E-state index in [9.17, 15) is 4.79 Å². The first-order valence-corrected chi connectivity index (χ1v) is 8.90. The molecule has 0 spiro atoms. The molecule has 2 rings (SSSR count). The summed E-state index contributed by atoms with van der Waals surface area (Å²) < 4.78 is 10.8. The molecule has 0 heterocycles. The summed E-state index contributed by atoms with van der Waals surface area (Å²) in [5.74, 6) is 0.522. The molecule has 0 radical (unpaired) electrons. The first-order valence-electron chi connectivity index (χ1n) is 8.90. The van der Waals surface area contributed by atoms with Crippen molar-refractivity contribution in [2.24, 2.45) is 11.7 Å². The van der Waals surface area contributed by atoms with E-state index in [1.54, 1.807) is 7.11 Å². The number of nitrogens with one attached hydrogen (secondary N) is 1. The SMILES string of the molecule is COc1ccc(COCCCNC(=O)C(C)C(N)c2ccccc2)cc1. The van der Waals surface area contributed by atoms with Gasteiger partial charge in [0.1, 0.15) is 5.75 Å². The second kappa shape index (κ2) is 10.6. The summed E-state index contributed by atoms with van der Waals surface area (Å²) in [6.45, 7) is 3.57. The van der Waals surface area contributed by atoms with Gasteiger partial charge in [0.15, 0.2) is 0 Å². The van der Waals surface area contributed by atoms with Crippen LogP contribution in [0.15, 0.2) is 54.6 Å². The number of carbonyl (C=O) groups excluding carboxylic acids is 1. The molecule has 0 bridgehead atoms. The summed E-state index contributed by atoms with van der Waals surface area (Å²) in [5.41, 5.74) is 8.25. The van der Waals surface area contributed by atoms with Crippen LogP contribution in [0.3, 0.4) is 0 Å². The highest BCUT2D eigenvalue weighted by Gasteiger charge is 2.21. The van der Waals surface area contributed by atoms with Crippen LogP contribution in [-0.2, 0) is 16.1 Å². The van der Waals surface area contributed by atoms with Crippen molar-refractivity contribution in [3.63, 3.8) is 0 Å². The lowest BCUT2D eigenvalue weighted by Gasteiger charge is -2.19. The van der Waals surface area contributed by atoms with E-state index in [0.29, 0.717) is 19.8 Å². The molecule has 0 aliphatic heterocycles. The molecule has 140 valence electrons. The van der Waals surface area contributed by atoms with E-state index in [0.717, 1.165) is 23.3 Å². The van der Waals surface area contributed by atoms with Gasteiger partial charge in [0.05, 0.1) is 19.6 Å². The molecule has 26 heavy (non-hydrogen) atoms. The maximum absolute atomic E-state index is 12.2. The van der Waals surface area contributed by atoms with Crippen molar-refractivity contribution in [1.29, 1.82) is 0 Å². The number of benzene rings is 2. The molecule has 5 heteroatoms. The fourth-order valence-corrected chi connectivity index (χ4v) is 2.59. The number of ether oxygens (including phenoxy) is 2. The Kier molecular flexibility index (Phi) is 8.12. The topological polar surface area (TPSA) is 73.6 Å². The van der Waals surface area contributed by atoms with Gasteiger partial charge in [-0.15, -0.1) is 0 Å². The average Bonchev–Trinajstić information content (AvgIpc) is 2.70. The summed E-state index contributed by atoms with van der Waals surface area (Å²) in [6, 6.07) is 17.2. The van der Waals surface area contributed by atoms with Crippen LogP contribution in [-0.4, -0.2) is 26.2 Å². The predicted molar refractivity (Wildman–Crippen MR) is 103 cm³/mol. The molecule has 2 unspecified atom stereocenters. The molecule has 0 aliphatic carbocycles. The Bertz CT molecular complexity index is 659. The van der Waals surface area contributed by atoms with Gasteiger partial charge in [0.2, 0.25) is 5.91 Å². The van der Waals surface area contributed by atoms with Gasteiger partial charge in [-0.1, -0.05) is 49.4 Å². The average molecular weight is 356 g/mol. The quantitative estimate of drug-likeness (QED) is 0.642. The van der Waals surface area contributed by atoms with E-state index in [4.69, 9.17) is 15.2 Å². The van der Waals surface area contributed by atoms with Gasteiger partial charge in [-0.05, 0) is 29.7 Å². The Labute approximate surface area is 155 Å². The van der Waals surface area contributed by atoms with Crippen LogP contribution in [0.2, 0.25) is 0 Å². The maximum Gasteiger partial charge on any atom is 0.224 e. The fourth-order valence-electron chi connectivity index (χ4n) is 2.59. The highest BCUT2D eigenvalue weighted by Crippen LogP contribution is 2.19. The number of rotatable bonds is 10. The zero-order valence-corrected chi connectivity index (χ0v) is 15.5. The zero-order valence-electron chi connectivity index (χ0n) is 15.5. The zero-order chi connectivity index (χ0) is 18.8. The van der Waals surface area contributed by atoms with Crippen molar-refractivity contribution in [1.82, 2.24) is 5.32 Å². The van der Waals surface area contributed by atoms with E-state index >= 15 is 0 Å². The minimum absolute atomic E-state index is 0.0310. The highest BCUT2D eigenvalue weighted by atomic mass is 16.5. The highest BCUT2D eigenvalue weighted by molar-refractivity contribution is 5.79. The normalized spacial score (nSPS) is 13.0. The Morgan fingerprint density at radius 1 is 1.12 bits per heavy atom.